The van der Waals surface area contributed by atoms with Crippen molar-refractivity contribution >= 4 is 25.8 Å². The lowest BCUT2D eigenvalue weighted by Crippen LogP contribution is -2.40. The minimum Gasteiger partial charge on any atom is -0.490 e. The quantitative estimate of drug-likeness (QED) is 0.537. The average Bonchev–Trinajstić information content (AvgIpc) is 2.44. The smallest absolute Gasteiger partial charge is 0.426 e. The van der Waals surface area contributed by atoms with Gasteiger partial charge in [0.2, 0.25) is 6.10 Å². The number of rotatable bonds is 8. The normalized spacial score (nSPS) is 13.7. The Morgan fingerprint density at radius 3 is 1.92 bits per heavy atom. The van der Waals surface area contributed by atoms with Gasteiger partial charge in [-0.2, -0.15) is 21.6 Å². The molecule has 0 saturated heterocycles. The Balaban J connectivity index is 3.27. The van der Waals surface area contributed by atoms with Crippen LogP contribution in [0.15, 0.2) is 12.1 Å². The minimum atomic E-state index is -4.94. The van der Waals surface area contributed by atoms with Crippen LogP contribution in [0.5, 0.6) is 11.5 Å². The summed E-state index contributed by atoms with van der Waals surface area (Å²) in [5, 5.41) is 0. The molecular formula is C14H21B2F3O5S. The summed E-state index contributed by atoms with van der Waals surface area (Å²) < 4.78 is 80.2. The van der Waals surface area contributed by atoms with Gasteiger partial charge in [-0.1, -0.05) is 12.6 Å². The molecule has 0 heterocycles. The first-order valence-electron chi connectivity index (χ1n) is 7.88. The largest absolute Gasteiger partial charge is 0.490 e. The van der Waals surface area contributed by atoms with Gasteiger partial charge in [-0.15, -0.1) is 0 Å². The van der Waals surface area contributed by atoms with Gasteiger partial charge in [-0.3, -0.25) is 4.55 Å². The molecule has 0 fully saturated rings. The molecule has 25 heavy (non-hydrogen) atoms. The molecule has 0 radical (unpaired) electrons. The fourth-order valence-corrected chi connectivity index (χ4v) is 2.89. The molecule has 1 unspecified atom stereocenters. The lowest BCUT2D eigenvalue weighted by Gasteiger charge is -2.23. The molecule has 1 N–H and O–H groups in total. The van der Waals surface area contributed by atoms with Crippen molar-refractivity contribution in [3.8, 4) is 11.5 Å². The van der Waals surface area contributed by atoms with Gasteiger partial charge in [-0.05, 0) is 37.1 Å². The lowest BCUT2D eigenvalue weighted by molar-refractivity contribution is -0.188. The molecule has 0 saturated carbocycles. The van der Waals surface area contributed by atoms with Crippen LogP contribution < -0.4 is 9.47 Å². The summed E-state index contributed by atoms with van der Waals surface area (Å²) in [6, 6.07) is 2.80. The molecule has 140 valence electrons. The summed E-state index contributed by atoms with van der Waals surface area (Å²) in [6.07, 6.45) is -6.71. The zero-order valence-corrected chi connectivity index (χ0v) is 15.4. The van der Waals surface area contributed by atoms with E-state index in [-0.39, 0.29) is 11.9 Å². The van der Waals surface area contributed by atoms with Crippen LogP contribution in [0.2, 0.25) is 0 Å². The Morgan fingerprint density at radius 2 is 1.60 bits per heavy atom. The van der Waals surface area contributed by atoms with E-state index in [0.29, 0.717) is 29.5 Å². The molecule has 0 amide bonds. The highest BCUT2D eigenvalue weighted by molar-refractivity contribution is 7.85. The Hall–Kier alpha value is -1.35. The maximum Gasteiger partial charge on any atom is 0.426 e. The van der Waals surface area contributed by atoms with Gasteiger partial charge in [0, 0.05) is 0 Å². The van der Waals surface area contributed by atoms with E-state index in [0.717, 1.165) is 0 Å². The summed E-state index contributed by atoms with van der Waals surface area (Å²) >= 11 is 0. The van der Waals surface area contributed by atoms with E-state index in [1.807, 2.05) is 29.5 Å². The highest BCUT2D eigenvalue weighted by Gasteiger charge is 2.44. The van der Waals surface area contributed by atoms with Crippen LogP contribution >= 0.6 is 0 Å². The van der Waals surface area contributed by atoms with Crippen molar-refractivity contribution in [3.63, 3.8) is 0 Å². The fourth-order valence-electron chi connectivity index (χ4n) is 2.25. The summed E-state index contributed by atoms with van der Waals surface area (Å²) in [5.41, 5.74) is 1.33. The van der Waals surface area contributed by atoms with Crippen LogP contribution in [0.25, 0.3) is 0 Å². The number of alkyl halides is 3. The van der Waals surface area contributed by atoms with Gasteiger partial charge in [0.15, 0.2) is 0 Å². The van der Waals surface area contributed by atoms with E-state index in [4.69, 9.17) is 14.0 Å². The third-order valence-electron chi connectivity index (χ3n) is 3.34. The average molecular weight is 380 g/mol. The van der Waals surface area contributed by atoms with Gasteiger partial charge in [0.05, 0.1) is 6.10 Å². The third-order valence-corrected chi connectivity index (χ3v) is 4.06. The number of hydrogen-bond donors (Lipinski definition) is 1. The Bertz CT molecular complexity index is 667. The predicted molar refractivity (Wildman–Crippen MR) is 93.6 cm³/mol. The van der Waals surface area contributed by atoms with Crippen LogP contribution in [0.4, 0.5) is 13.2 Å². The first-order chi connectivity index (χ1) is 11.4. The van der Waals surface area contributed by atoms with Gasteiger partial charge in [0.1, 0.15) is 32.9 Å². The summed E-state index contributed by atoms with van der Waals surface area (Å²) in [7, 11) is -1.20. The van der Waals surface area contributed by atoms with Gasteiger partial charge in [0.25, 0.3) is 10.1 Å². The second kappa shape index (κ2) is 8.35. The van der Waals surface area contributed by atoms with E-state index in [2.05, 4.69) is 0 Å². The Morgan fingerprint density at radius 1 is 1.12 bits per heavy atom. The van der Waals surface area contributed by atoms with Crippen molar-refractivity contribution < 1.29 is 35.6 Å². The van der Waals surface area contributed by atoms with Crippen molar-refractivity contribution in [1.29, 1.82) is 0 Å². The zero-order valence-electron chi connectivity index (χ0n) is 14.6. The van der Waals surface area contributed by atoms with E-state index >= 15 is 0 Å². The maximum absolute atomic E-state index is 13.0. The Labute approximate surface area is 147 Å². The maximum atomic E-state index is 13.0. The first-order valence-corrected chi connectivity index (χ1v) is 9.49. The third kappa shape index (κ3) is 6.81. The molecule has 0 aliphatic rings. The van der Waals surface area contributed by atoms with Crippen molar-refractivity contribution in [3.05, 3.63) is 23.3 Å². The van der Waals surface area contributed by atoms with Crippen LogP contribution in [0.1, 0.15) is 25.0 Å². The number of ether oxygens (including phenoxy) is 2. The van der Waals surface area contributed by atoms with E-state index in [9.17, 15) is 21.6 Å². The van der Waals surface area contributed by atoms with Gasteiger partial charge >= 0.3 is 6.18 Å². The number of halogens is 3. The Kier molecular flexibility index (Phi) is 7.25. The second-order valence-corrected chi connectivity index (χ2v) is 7.34. The molecule has 1 aromatic carbocycles. The van der Waals surface area contributed by atoms with Crippen LogP contribution in [0, 0.1) is 0 Å². The van der Waals surface area contributed by atoms with Gasteiger partial charge in [-0.25, -0.2) is 0 Å². The molecule has 11 heteroatoms. The topological polar surface area (TPSA) is 72.8 Å². The molecule has 5 nitrogen and oxygen atoms in total. The van der Waals surface area contributed by atoms with E-state index < -0.39 is 28.2 Å². The van der Waals surface area contributed by atoms with Crippen LogP contribution in [0.3, 0.4) is 0 Å². The fraction of sp³-hybridized carbons (Fsp3) is 0.571. The molecule has 0 aliphatic heterocycles. The standard InChI is InChI=1S/C14H21B2F3O5S/c1-8(2)23-13-9(5-15)3-11(4-10(13)6-16)24-12(14(17,18)19)7-25(20,21)22/h3-4,8,12H,5-7,15-16H2,1-2H3,(H,20,21,22). The summed E-state index contributed by atoms with van der Waals surface area (Å²) in [6.45, 7) is 3.68. The second-order valence-electron chi connectivity index (χ2n) is 5.84. The molecule has 1 aromatic rings. The van der Waals surface area contributed by atoms with E-state index in [1.165, 1.54) is 12.1 Å². The minimum absolute atomic E-state index is 0.107. The number of hydrogen-bond acceptors (Lipinski definition) is 4. The molecule has 0 spiro atoms. The van der Waals surface area contributed by atoms with Gasteiger partial charge < -0.3 is 9.47 Å². The molecular weight excluding hydrogens is 359 g/mol. The van der Waals surface area contributed by atoms with E-state index in [1.54, 1.807) is 0 Å². The molecule has 1 atom stereocenters. The van der Waals surface area contributed by atoms with Crippen molar-refractivity contribution in [1.82, 2.24) is 0 Å². The zero-order chi connectivity index (χ0) is 19.4. The monoisotopic (exact) mass is 380 g/mol. The highest BCUT2D eigenvalue weighted by Crippen LogP contribution is 2.33. The highest BCUT2D eigenvalue weighted by atomic mass is 32.2. The van der Waals surface area contributed by atoms with Crippen molar-refractivity contribution in [2.75, 3.05) is 5.75 Å². The predicted octanol–water partition coefficient (Wildman–Crippen LogP) is 0.938. The number of benzene rings is 1. The summed E-state index contributed by atoms with van der Waals surface area (Å²) in [5.74, 6) is -1.08. The first kappa shape index (κ1) is 21.7. The SMILES string of the molecule is BCc1cc(OC(CS(=O)(=O)O)C(F)(F)F)cc(CB)c1OC(C)C. The molecule has 1 rings (SSSR count). The molecule has 0 aliphatic carbocycles. The lowest BCUT2D eigenvalue weighted by atomic mass is 9.89. The molecule has 0 aromatic heterocycles. The summed E-state index contributed by atoms with van der Waals surface area (Å²) in [4.78, 5) is 0. The van der Waals surface area contributed by atoms with Crippen molar-refractivity contribution in [2.24, 2.45) is 0 Å². The van der Waals surface area contributed by atoms with Crippen LogP contribution in [-0.2, 0) is 22.8 Å². The van der Waals surface area contributed by atoms with Crippen LogP contribution in [-0.4, -0.2) is 52.8 Å². The molecule has 0 bridgehead atoms. The van der Waals surface area contributed by atoms with Crippen molar-refractivity contribution in [2.45, 2.75) is 44.9 Å².